The third-order valence-corrected chi connectivity index (χ3v) is 5.60. The van der Waals surface area contributed by atoms with Crippen LogP contribution in [-0.4, -0.2) is 21.9 Å². The number of carbonyl (C=O) groups is 1. The van der Waals surface area contributed by atoms with Gasteiger partial charge in [-0.1, -0.05) is 18.2 Å². The van der Waals surface area contributed by atoms with Crippen molar-refractivity contribution in [2.45, 2.75) is 38.1 Å². The van der Waals surface area contributed by atoms with E-state index >= 15 is 0 Å². The van der Waals surface area contributed by atoms with Crippen LogP contribution in [-0.2, 0) is 24.1 Å². The van der Waals surface area contributed by atoms with Gasteiger partial charge in [0, 0.05) is 22.0 Å². The van der Waals surface area contributed by atoms with Gasteiger partial charge in [-0.25, -0.2) is 4.98 Å². The van der Waals surface area contributed by atoms with E-state index in [1.807, 2.05) is 30.5 Å². The van der Waals surface area contributed by atoms with Crippen LogP contribution < -0.4 is 11.1 Å². The van der Waals surface area contributed by atoms with Crippen molar-refractivity contribution in [3.8, 4) is 0 Å². The molecule has 0 fully saturated rings. The number of H-pyrrole nitrogens is 1. The number of aromatic amines is 1. The van der Waals surface area contributed by atoms with Crippen LogP contribution in [0.15, 0.2) is 30.5 Å². The minimum atomic E-state index is -0.592. The predicted molar refractivity (Wildman–Crippen MR) is 97.4 cm³/mol. The average Bonchev–Trinajstić information content (AvgIpc) is 3.18. The zero-order valence-corrected chi connectivity index (χ0v) is 14.2. The first-order chi connectivity index (χ1) is 11.7. The van der Waals surface area contributed by atoms with Crippen LogP contribution in [0.2, 0.25) is 0 Å². The predicted octanol–water partition coefficient (Wildman–Crippen LogP) is 3.01. The number of anilines is 1. The summed E-state index contributed by atoms with van der Waals surface area (Å²) in [7, 11) is 0. The van der Waals surface area contributed by atoms with Crippen molar-refractivity contribution >= 4 is 33.3 Å². The zero-order chi connectivity index (χ0) is 16.5. The maximum absolute atomic E-state index is 12.4. The van der Waals surface area contributed by atoms with Crippen molar-refractivity contribution in [3.63, 3.8) is 0 Å². The molecule has 1 atom stereocenters. The van der Waals surface area contributed by atoms with Crippen molar-refractivity contribution in [1.29, 1.82) is 0 Å². The summed E-state index contributed by atoms with van der Waals surface area (Å²) >= 11 is 1.59. The first-order valence-corrected chi connectivity index (χ1v) is 9.12. The van der Waals surface area contributed by atoms with E-state index in [0.29, 0.717) is 11.6 Å². The zero-order valence-electron chi connectivity index (χ0n) is 13.3. The number of benzene rings is 1. The van der Waals surface area contributed by atoms with Gasteiger partial charge < -0.3 is 16.0 Å². The molecule has 0 saturated carbocycles. The third-order valence-electron chi connectivity index (χ3n) is 4.53. The molecule has 0 unspecified atom stereocenters. The molecule has 124 valence electrons. The van der Waals surface area contributed by atoms with E-state index < -0.39 is 6.04 Å². The van der Waals surface area contributed by atoms with E-state index in [-0.39, 0.29) is 5.91 Å². The van der Waals surface area contributed by atoms with E-state index in [1.165, 1.54) is 17.7 Å². The number of amides is 1. The molecule has 6 heteroatoms. The Balaban J connectivity index is 1.45. The second kappa shape index (κ2) is 6.37. The van der Waals surface area contributed by atoms with Crippen LogP contribution in [0.4, 0.5) is 5.13 Å². The molecule has 0 bridgehead atoms. The van der Waals surface area contributed by atoms with Gasteiger partial charge in [-0.15, -0.1) is 11.3 Å². The van der Waals surface area contributed by atoms with E-state index in [2.05, 4.69) is 15.3 Å². The number of aromatic nitrogens is 2. The van der Waals surface area contributed by atoms with Gasteiger partial charge in [0.25, 0.3) is 0 Å². The maximum atomic E-state index is 12.4. The molecule has 0 radical (unpaired) electrons. The number of rotatable bonds is 4. The van der Waals surface area contributed by atoms with E-state index in [1.54, 1.807) is 11.3 Å². The first-order valence-electron chi connectivity index (χ1n) is 8.31. The fourth-order valence-electron chi connectivity index (χ4n) is 3.23. The minimum absolute atomic E-state index is 0.175. The summed E-state index contributed by atoms with van der Waals surface area (Å²) in [6.07, 6.45) is 6.92. The van der Waals surface area contributed by atoms with Gasteiger partial charge in [-0.05, 0) is 43.7 Å². The normalized spacial score (nSPS) is 15.2. The summed E-state index contributed by atoms with van der Waals surface area (Å²) < 4.78 is 0. The molecule has 1 amide bonds. The molecule has 2 heterocycles. The average molecular weight is 340 g/mol. The number of para-hydroxylation sites is 1. The summed E-state index contributed by atoms with van der Waals surface area (Å²) in [6.45, 7) is 0. The second-order valence-electron chi connectivity index (χ2n) is 6.26. The fraction of sp³-hybridized carbons (Fsp3) is 0.333. The maximum Gasteiger partial charge on any atom is 0.243 e. The summed E-state index contributed by atoms with van der Waals surface area (Å²) in [5.41, 5.74) is 9.39. The summed E-state index contributed by atoms with van der Waals surface area (Å²) in [5, 5.41) is 4.69. The molecule has 0 aliphatic heterocycles. The molecule has 1 aromatic carbocycles. The van der Waals surface area contributed by atoms with Crippen LogP contribution in [0.1, 0.15) is 29.0 Å². The number of aryl methyl sites for hydroxylation is 2. The molecule has 1 aliphatic rings. The third kappa shape index (κ3) is 2.95. The summed E-state index contributed by atoms with van der Waals surface area (Å²) in [4.78, 5) is 21.5. The Labute approximate surface area is 144 Å². The summed E-state index contributed by atoms with van der Waals surface area (Å²) in [6, 6.07) is 7.45. The largest absolute Gasteiger partial charge is 0.361 e. The lowest BCUT2D eigenvalue weighted by Crippen LogP contribution is -2.37. The van der Waals surface area contributed by atoms with Crippen LogP contribution >= 0.6 is 11.3 Å². The molecule has 4 N–H and O–H groups in total. The van der Waals surface area contributed by atoms with Gasteiger partial charge in [-0.3, -0.25) is 4.79 Å². The molecule has 1 aliphatic carbocycles. The number of nitrogens with one attached hydrogen (secondary N) is 2. The van der Waals surface area contributed by atoms with Gasteiger partial charge in [0.05, 0.1) is 11.7 Å². The highest BCUT2D eigenvalue weighted by atomic mass is 32.1. The van der Waals surface area contributed by atoms with E-state index in [9.17, 15) is 4.79 Å². The number of hydrogen-bond acceptors (Lipinski definition) is 4. The molecule has 4 rings (SSSR count). The van der Waals surface area contributed by atoms with Gasteiger partial charge in [0.2, 0.25) is 5.91 Å². The van der Waals surface area contributed by atoms with Crippen LogP contribution in [0.25, 0.3) is 10.9 Å². The standard InChI is InChI=1S/C18H20N4OS/c19-13(9-11-10-20-14-6-2-1-5-12(11)14)17(23)22-18-21-15-7-3-4-8-16(15)24-18/h1-2,5-6,10,13,20H,3-4,7-9,19H2,(H,21,22,23)/t13-/m0/s1. The number of fused-ring (bicyclic) bond motifs is 2. The Kier molecular flexibility index (Phi) is 4.08. The quantitative estimate of drug-likeness (QED) is 0.682. The highest BCUT2D eigenvalue weighted by Crippen LogP contribution is 2.29. The van der Waals surface area contributed by atoms with Gasteiger partial charge in [0.1, 0.15) is 0 Å². The topological polar surface area (TPSA) is 83.8 Å². The van der Waals surface area contributed by atoms with Gasteiger partial charge in [-0.2, -0.15) is 0 Å². The molecular formula is C18H20N4OS. The monoisotopic (exact) mass is 340 g/mol. The molecular weight excluding hydrogens is 320 g/mol. The van der Waals surface area contributed by atoms with Crippen molar-refractivity contribution in [3.05, 3.63) is 46.6 Å². The molecule has 2 aromatic heterocycles. The van der Waals surface area contributed by atoms with Crippen LogP contribution in [0.3, 0.4) is 0 Å². The molecule has 3 aromatic rings. The lowest BCUT2D eigenvalue weighted by atomic mass is 10.0. The number of thiazole rings is 1. The first kappa shape index (κ1) is 15.4. The highest BCUT2D eigenvalue weighted by molar-refractivity contribution is 7.15. The van der Waals surface area contributed by atoms with Crippen molar-refractivity contribution in [2.75, 3.05) is 5.32 Å². The Morgan fingerprint density at radius 1 is 1.33 bits per heavy atom. The fourth-order valence-corrected chi connectivity index (χ4v) is 4.29. The van der Waals surface area contributed by atoms with Gasteiger partial charge in [0.15, 0.2) is 5.13 Å². The summed E-state index contributed by atoms with van der Waals surface area (Å²) in [5.74, 6) is -0.175. The van der Waals surface area contributed by atoms with Crippen molar-refractivity contribution in [1.82, 2.24) is 9.97 Å². The van der Waals surface area contributed by atoms with Crippen LogP contribution in [0, 0.1) is 0 Å². The number of carbonyl (C=O) groups excluding carboxylic acids is 1. The lowest BCUT2D eigenvalue weighted by Gasteiger charge is -2.10. The van der Waals surface area contributed by atoms with Crippen molar-refractivity contribution in [2.24, 2.45) is 5.73 Å². The molecule has 0 saturated heterocycles. The SMILES string of the molecule is N[C@@H](Cc1c[nH]c2ccccc12)C(=O)Nc1nc2c(s1)CCCC2. The minimum Gasteiger partial charge on any atom is -0.361 e. The Hall–Kier alpha value is -2.18. The Morgan fingerprint density at radius 2 is 2.17 bits per heavy atom. The molecule has 24 heavy (non-hydrogen) atoms. The van der Waals surface area contributed by atoms with E-state index in [4.69, 9.17) is 5.73 Å². The van der Waals surface area contributed by atoms with Gasteiger partial charge >= 0.3 is 0 Å². The number of nitrogens with zero attached hydrogens (tertiary/aromatic N) is 1. The molecule has 0 spiro atoms. The Bertz CT molecular complexity index is 859. The highest BCUT2D eigenvalue weighted by Gasteiger charge is 2.20. The van der Waals surface area contributed by atoms with Crippen molar-refractivity contribution < 1.29 is 4.79 Å². The second-order valence-corrected chi connectivity index (χ2v) is 7.34. The van der Waals surface area contributed by atoms with E-state index in [0.717, 1.165) is 35.0 Å². The molecule has 5 nitrogen and oxygen atoms in total. The number of hydrogen-bond donors (Lipinski definition) is 3. The lowest BCUT2D eigenvalue weighted by molar-refractivity contribution is -0.117. The number of nitrogens with two attached hydrogens (primary N) is 1. The smallest absolute Gasteiger partial charge is 0.243 e. The Morgan fingerprint density at radius 3 is 3.04 bits per heavy atom. The van der Waals surface area contributed by atoms with Crippen LogP contribution in [0.5, 0.6) is 0 Å².